The summed E-state index contributed by atoms with van der Waals surface area (Å²) >= 11 is 0. The van der Waals surface area contributed by atoms with Crippen LogP contribution < -0.4 is 5.32 Å². The molecule has 5 heteroatoms. The number of nitrogens with one attached hydrogen (secondary N) is 1. The minimum atomic E-state index is -0.788. The third kappa shape index (κ3) is 3.46. The van der Waals surface area contributed by atoms with Gasteiger partial charge in [0, 0.05) is 19.7 Å². The minimum absolute atomic E-state index is 0.265. The Morgan fingerprint density at radius 3 is 2.63 bits per heavy atom. The lowest BCUT2D eigenvalue weighted by Gasteiger charge is -2.35. The quantitative estimate of drug-likeness (QED) is 0.721. The molecule has 1 heterocycles. The summed E-state index contributed by atoms with van der Waals surface area (Å²) in [6, 6.07) is 0. The van der Waals surface area contributed by atoms with Crippen molar-refractivity contribution in [2.24, 2.45) is 5.92 Å². The van der Waals surface area contributed by atoms with Crippen LogP contribution >= 0.6 is 0 Å². The Morgan fingerprint density at radius 1 is 1.42 bits per heavy atom. The second kappa shape index (κ2) is 6.20. The number of carboxylic acids is 1. The molecule has 19 heavy (non-hydrogen) atoms. The van der Waals surface area contributed by atoms with Crippen LogP contribution in [-0.2, 0) is 9.53 Å². The molecule has 110 valence electrons. The smallest absolute Gasteiger partial charge is 0.325 e. The molecular formula is C14H26N2O3. The Bertz CT molecular complexity index is 314. The molecule has 0 bridgehead atoms. The Balaban J connectivity index is 1.90. The van der Waals surface area contributed by atoms with Crippen molar-refractivity contribution in [2.75, 3.05) is 33.8 Å². The van der Waals surface area contributed by atoms with Crippen LogP contribution in [0.4, 0.5) is 0 Å². The maximum atomic E-state index is 11.6. The molecule has 1 aliphatic heterocycles. The first-order chi connectivity index (χ1) is 9.08. The van der Waals surface area contributed by atoms with E-state index < -0.39 is 11.5 Å². The summed E-state index contributed by atoms with van der Waals surface area (Å²) in [5.74, 6) is -0.460. The molecule has 2 N–H and O–H groups in total. The lowest BCUT2D eigenvalue weighted by Crippen LogP contribution is -2.59. The normalized spacial score (nSPS) is 27.2. The molecule has 2 atom stereocenters. The standard InChI is InChI=1S/C14H26N2O3/c1-15-14(13(17)18,11-6-7-11)10-16(2)9-12-5-3-4-8-19-12/h11-12,15H,3-10H2,1-2H3,(H,17,18). The number of carbonyl (C=O) groups is 1. The summed E-state index contributed by atoms with van der Waals surface area (Å²) in [4.78, 5) is 13.8. The Labute approximate surface area is 115 Å². The highest BCUT2D eigenvalue weighted by Gasteiger charge is 2.50. The van der Waals surface area contributed by atoms with Gasteiger partial charge in [-0.2, -0.15) is 0 Å². The van der Waals surface area contributed by atoms with Crippen molar-refractivity contribution in [3.05, 3.63) is 0 Å². The van der Waals surface area contributed by atoms with Crippen molar-refractivity contribution in [3.63, 3.8) is 0 Å². The lowest BCUT2D eigenvalue weighted by atomic mass is 9.92. The van der Waals surface area contributed by atoms with Gasteiger partial charge in [-0.25, -0.2) is 0 Å². The first-order valence-electron chi connectivity index (χ1n) is 7.31. The number of hydrogen-bond donors (Lipinski definition) is 2. The summed E-state index contributed by atoms with van der Waals surface area (Å²) in [6.45, 7) is 2.21. The maximum Gasteiger partial charge on any atom is 0.325 e. The molecule has 0 radical (unpaired) electrons. The van der Waals surface area contributed by atoms with Crippen molar-refractivity contribution in [1.82, 2.24) is 10.2 Å². The van der Waals surface area contributed by atoms with Crippen molar-refractivity contribution >= 4 is 5.97 Å². The van der Waals surface area contributed by atoms with E-state index in [2.05, 4.69) is 10.2 Å². The van der Waals surface area contributed by atoms with E-state index in [-0.39, 0.29) is 12.0 Å². The van der Waals surface area contributed by atoms with Gasteiger partial charge in [-0.3, -0.25) is 4.79 Å². The molecule has 5 nitrogen and oxygen atoms in total. The molecule has 0 aromatic rings. The number of likely N-dealkylation sites (N-methyl/N-ethyl adjacent to an activating group) is 2. The zero-order valence-corrected chi connectivity index (χ0v) is 12.0. The number of hydrogen-bond acceptors (Lipinski definition) is 4. The largest absolute Gasteiger partial charge is 0.480 e. The molecule has 1 saturated heterocycles. The van der Waals surface area contributed by atoms with Gasteiger partial charge in [-0.1, -0.05) is 0 Å². The molecule has 2 rings (SSSR count). The van der Waals surface area contributed by atoms with Crippen LogP contribution in [-0.4, -0.2) is 61.4 Å². The molecule has 0 amide bonds. The van der Waals surface area contributed by atoms with Crippen LogP contribution in [0.25, 0.3) is 0 Å². The first kappa shape index (κ1) is 14.8. The fourth-order valence-corrected chi connectivity index (χ4v) is 3.13. The highest BCUT2D eigenvalue weighted by Crippen LogP contribution is 2.40. The fraction of sp³-hybridized carbons (Fsp3) is 0.929. The van der Waals surface area contributed by atoms with E-state index in [9.17, 15) is 9.90 Å². The molecule has 2 fully saturated rings. The van der Waals surface area contributed by atoms with Crippen molar-refractivity contribution in [2.45, 2.75) is 43.7 Å². The van der Waals surface area contributed by atoms with Crippen LogP contribution in [0.1, 0.15) is 32.1 Å². The van der Waals surface area contributed by atoms with E-state index in [0.29, 0.717) is 6.54 Å². The van der Waals surface area contributed by atoms with Gasteiger partial charge in [0.25, 0.3) is 0 Å². The number of nitrogens with zero attached hydrogens (tertiary/aromatic N) is 1. The molecule has 2 unspecified atom stereocenters. The molecule has 1 saturated carbocycles. The van der Waals surface area contributed by atoms with Gasteiger partial charge in [0.2, 0.25) is 0 Å². The van der Waals surface area contributed by atoms with E-state index in [0.717, 1.165) is 38.8 Å². The van der Waals surface area contributed by atoms with Gasteiger partial charge >= 0.3 is 5.97 Å². The van der Waals surface area contributed by atoms with E-state index in [4.69, 9.17) is 4.74 Å². The highest BCUT2D eigenvalue weighted by atomic mass is 16.5. The summed E-state index contributed by atoms with van der Waals surface area (Å²) < 4.78 is 5.72. The molecular weight excluding hydrogens is 244 g/mol. The van der Waals surface area contributed by atoms with Crippen molar-refractivity contribution in [1.29, 1.82) is 0 Å². The van der Waals surface area contributed by atoms with Crippen molar-refractivity contribution < 1.29 is 14.6 Å². The molecule has 2 aliphatic rings. The predicted octanol–water partition coefficient (Wildman–Crippen LogP) is 0.940. The Hall–Kier alpha value is -0.650. The molecule has 0 spiro atoms. The fourth-order valence-electron chi connectivity index (χ4n) is 3.13. The summed E-state index contributed by atoms with van der Waals surface area (Å²) in [5.41, 5.74) is -0.788. The van der Waals surface area contributed by atoms with Gasteiger partial charge in [-0.15, -0.1) is 0 Å². The SMILES string of the molecule is CNC(CN(C)CC1CCCCO1)(C(=O)O)C1CC1. The summed E-state index contributed by atoms with van der Waals surface area (Å²) in [7, 11) is 3.76. The van der Waals surface area contributed by atoms with Crippen LogP contribution in [0.15, 0.2) is 0 Å². The zero-order valence-electron chi connectivity index (χ0n) is 12.0. The second-order valence-corrected chi connectivity index (χ2v) is 5.99. The van der Waals surface area contributed by atoms with Gasteiger partial charge in [0.15, 0.2) is 0 Å². The first-order valence-corrected chi connectivity index (χ1v) is 7.31. The Kier molecular flexibility index (Phi) is 4.81. The van der Waals surface area contributed by atoms with Crippen LogP contribution in [0.2, 0.25) is 0 Å². The molecule has 0 aromatic carbocycles. The third-order valence-corrected chi connectivity index (χ3v) is 4.41. The van der Waals surface area contributed by atoms with E-state index >= 15 is 0 Å². The topological polar surface area (TPSA) is 61.8 Å². The lowest BCUT2D eigenvalue weighted by molar-refractivity contribution is -0.146. The van der Waals surface area contributed by atoms with E-state index in [1.54, 1.807) is 7.05 Å². The van der Waals surface area contributed by atoms with Gasteiger partial charge < -0.3 is 20.1 Å². The summed E-state index contributed by atoms with van der Waals surface area (Å²) in [6.07, 6.45) is 5.76. The number of carboxylic acid groups (broad SMARTS) is 1. The molecule has 1 aliphatic carbocycles. The van der Waals surface area contributed by atoms with Crippen molar-refractivity contribution in [3.8, 4) is 0 Å². The predicted molar refractivity (Wildman–Crippen MR) is 73.2 cm³/mol. The van der Waals surface area contributed by atoms with Crippen LogP contribution in [0.5, 0.6) is 0 Å². The van der Waals surface area contributed by atoms with E-state index in [1.807, 2.05) is 7.05 Å². The van der Waals surface area contributed by atoms with Gasteiger partial charge in [0.1, 0.15) is 5.54 Å². The Morgan fingerprint density at radius 2 is 2.16 bits per heavy atom. The van der Waals surface area contributed by atoms with Crippen LogP contribution in [0.3, 0.4) is 0 Å². The average molecular weight is 270 g/mol. The van der Waals surface area contributed by atoms with Gasteiger partial charge in [-0.05, 0) is 52.1 Å². The number of rotatable bonds is 7. The summed E-state index contributed by atoms with van der Waals surface area (Å²) in [5, 5.41) is 12.6. The average Bonchev–Trinajstić information content (AvgIpc) is 3.21. The third-order valence-electron chi connectivity index (χ3n) is 4.41. The highest BCUT2D eigenvalue weighted by molar-refractivity contribution is 5.80. The van der Waals surface area contributed by atoms with E-state index in [1.165, 1.54) is 6.42 Å². The number of ether oxygens (including phenoxy) is 1. The maximum absolute atomic E-state index is 11.6. The monoisotopic (exact) mass is 270 g/mol. The second-order valence-electron chi connectivity index (χ2n) is 5.99. The molecule has 0 aromatic heterocycles. The number of aliphatic carboxylic acids is 1. The van der Waals surface area contributed by atoms with Gasteiger partial charge in [0.05, 0.1) is 6.10 Å². The minimum Gasteiger partial charge on any atom is -0.480 e. The zero-order chi connectivity index (χ0) is 13.9. The van der Waals surface area contributed by atoms with Crippen LogP contribution in [0, 0.1) is 5.92 Å².